The smallest absolute Gasteiger partial charge is 0.286 e. The lowest BCUT2D eigenvalue weighted by atomic mass is 10.1. The number of carbonyl (C=O) groups excluding carboxylic acids is 1. The number of nitrogens with zero attached hydrogens (tertiary/aromatic N) is 2. The molecule has 0 atom stereocenters. The summed E-state index contributed by atoms with van der Waals surface area (Å²) in [5.74, 6) is -0.0550. The lowest BCUT2D eigenvalue weighted by Crippen LogP contribution is -2.48. The molecule has 1 rings (SSSR count). The second-order valence-electron chi connectivity index (χ2n) is 4.85. The van der Waals surface area contributed by atoms with Gasteiger partial charge in [0.1, 0.15) is 0 Å². The maximum atomic E-state index is 11.7. The van der Waals surface area contributed by atoms with Gasteiger partial charge in [-0.1, -0.05) is 5.16 Å². The maximum absolute atomic E-state index is 11.7. The third kappa shape index (κ3) is 5.10. The topological polar surface area (TPSA) is 65.6 Å². The van der Waals surface area contributed by atoms with Crippen LogP contribution in [-0.4, -0.2) is 22.9 Å². The molecule has 0 radical (unpaired) electrons. The molecule has 0 aliphatic heterocycles. The fourth-order valence-electron chi connectivity index (χ4n) is 1.41. The normalized spacial score (nSPS) is 11.7. The molecule has 0 aromatic carbocycles. The van der Waals surface area contributed by atoms with E-state index in [-0.39, 0.29) is 18.0 Å². The van der Waals surface area contributed by atoms with Crippen molar-refractivity contribution in [3.05, 3.63) is 30.1 Å². The third-order valence-corrected chi connectivity index (χ3v) is 1.93. The molecule has 0 saturated heterocycles. The van der Waals surface area contributed by atoms with Crippen LogP contribution in [0.4, 0.5) is 0 Å². The summed E-state index contributed by atoms with van der Waals surface area (Å²) in [6, 6.07) is 3.58. The molecule has 1 heterocycles. The van der Waals surface area contributed by atoms with E-state index in [0.717, 1.165) is 5.56 Å². The SMILES string of the molecule is CC(C)(C)NC(=O)C[n+]1cccc(/C=N/O)c1. The third-order valence-electron chi connectivity index (χ3n) is 1.93. The van der Waals surface area contributed by atoms with E-state index in [0.29, 0.717) is 0 Å². The van der Waals surface area contributed by atoms with E-state index in [4.69, 9.17) is 5.21 Å². The fourth-order valence-corrected chi connectivity index (χ4v) is 1.41. The molecule has 2 N–H and O–H groups in total. The summed E-state index contributed by atoms with van der Waals surface area (Å²) in [5.41, 5.74) is 0.500. The van der Waals surface area contributed by atoms with E-state index in [1.807, 2.05) is 20.8 Å². The molecule has 5 nitrogen and oxygen atoms in total. The van der Waals surface area contributed by atoms with Crippen molar-refractivity contribution < 1.29 is 14.6 Å². The summed E-state index contributed by atoms with van der Waals surface area (Å²) in [7, 11) is 0. The first-order valence-corrected chi connectivity index (χ1v) is 5.38. The van der Waals surface area contributed by atoms with Gasteiger partial charge in [0.2, 0.25) is 6.54 Å². The Bertz CT molecular complexity index is 422. The van der Waals surface area contributed by atoms with Crippen LogP contribution in [0.1, 0.15) is 26.3 Å². The first-order valence-electron chi connectivity index (χ1n) is 5.38. The number of aromatic nitrogens is 1. The van der Waals surface area contributed by atoms with Gasteiger partial charge in [0.05, 0.1) is 11.8 Å². The largest absolute Gasteiger partial charge is 0.411 e. The second-order valence-corrected chi connectivity index (χ2v) is 4.85. The number of carbonyl (C=O) groups is 1. The average Bonchev–Trinajstić information content (AvgIpc) is 2.15. The molecule has 92 valence electrons. The summed E-state index contributed by atoms with van der Waals surface area (Å²) >= 11 is 0. The van der Waals surface area contributed by atoms with E-state index in [1.165, 1.54) is 6.21 Å². The quantitative estimate of drug-likeness (QED) is 0.351. The Hall–Kier alpha value is -1.91. The summed E-state index contributed by atoms with van der Waals surface area (Å²) in [6.07, 6.45) is 4.84. The van der Waals surface area contributed by atoms with Crippen molar-refractivity contribution >= 4 is 12.1 Å². The molecule has 1 aromatic heterocycles. The highest BCUT2D eigenvalue weighted by Gasteiger charge is 2.16. The molecular weight excluding hydrogens is 218 g/mol. The van der Waals surface area contributed by atoms with Crippen molar-refractivity contribution in [1.29, 1.82) is 0 Å². The number of hydrogen-bond acceptors (Lipinski definition) is 3. The first-order chi connectivity index (χ1) is 7.90. The molecule has 5 heteroatoms. The number of nitrogens with one attached hydrogen (secondary N) is 1. The molecule has 0 spiro atoms. The Kier molecular flexibility index (Phi) is 4.20. The van der Waals surface area contributed by atoms with E-state index in [9.17, 15) is 4.79 Å². The van der Waals surface area contributed by atoms with Crippen LogP contribution < -0.4 is 9.88 Å². The highest BCUT2D eigenvalue weighted by molar-refractivity contribution is 5.78. The van der Waals surface area contributed by atoms with E-state index >= 15 is 0 Å². The van der Waals surface area contributed by atoms with E-state index in [1.54, 1.807) is 29.1 Å². The Morgan fingerprint density at radius 2 is 2.29 bits per heavy atom. The van der Waals surface area contributed by atoms with Crippen LogP contribution in [0.5, 0.6) is 0 Å². The average molecular weight is 236 g/mol. The van der Waals surface area contributed by atoms with Crippen LogP contribution in [-0.2, 0) is 11.3 Å². The van der Waals surface area contributed by atoms with Crippen molar-refractivity contribution in [1.82, 2.24) is 5.32 Å². The van der Waals surface area contributed by atoms with Gasteiger partial charge >= 0.3 is 0 Å². The van der Waals surface area contributed by atoms with Crippen LogP contribution in [0.2, 0.25) is 0 Å². The van der Waals surface area contributed by atoms with Crippen LogP contribution in [0.3, 0.4) is 0 Å². The highest BCUT2D eigenvalue weighted by Crippen LogP contribution is 1.97. The maximum Gasteiger partial charge on any atom is 0.286 e. The molecule has 0 fully saturated rings. The highest BCUT2D eigenvalue weighted by atomic mass is 16.4. The summed E-state index contributed by atoms with van der Waals surface area (Å²) < 4.78 is 1.73. The number of pyridine rings is 1. The Morgan fingerprint density at radius 1 is 1.59 bits per heavy atom. The molecule has 0 aliphatic rings. The van der Waals surface area contributed by atoms with Gasteiger partial charge in [0.25, 0.3) is 5.91 Å². The van der Waals surface area contributed by atoms with Gasteiger partial charge in [-0.05, 0) is 26.8 Å². The first kappa shape index (κ1) is 13.2. The molecule has 0 bridgehead atoms. The minimum Gasteiger partial charge on any atom is -0.411 e. The van der Waals surface area contributed by atoms with Gasteiger partial charge in [-0.25, -0.2) is 0 Å². The zero-order valence-electron chi connectivity index (χ0n) is 10.3. The zero-order valence-corrected chi connectivity index (χ0v) is 10.3. The monoisotopic (exact) mass is 236 g/mol. The Labute approximate surface area is 101 Å². The Morgan fingerprint density at radius 3 is 2.88 bits per heavy atom. The number of rotatable bonds is 3. The molecule has 1 amide bonds. The van der Waals surface area contributed by atoms with Gasteiger partial charge in [-0.3, -0.25) is 4.79 Å². The molecule has 0 unspecified atom stereocenters. The van der Waals surface area contributed by atoms with Crippen molar-refractivity contribution in [2.24, 2.45) is 5.16 Å². The van der Waals surface area contributed by atoms with Crippen molar-refractivity contribution in [2.75, 3.05) is 0 Å². The van der Waals surface area contributed by atoms with Gasteiger partial charge < -0.3 is 10.5 Å². The van der Waals surface area contributed by atoms with E-state index < -0.39 is 0 Å². The van der Waals surface area contributed by atoms with Crippen LogP contribution in [0.15, 0.2) is 29.7 Å². The second kappa shape index (κ2) is 5.43. The molecule has 0 saturated carbocycles. The minimum atomic E-state index is -0.234. The summed E-state index contributed by atoms with van der Waals surface area (Å²) in [4.78, 5) is 11.7. The predicted octanol–water partition coefficient (Wildman–Crippen LogP) is 0.697. The van der Waals surface area contributed by atoms with Gasteiger partial charge in [-0.2, -0.15) is 4.57 Å². The standard InChI is InChI=1S/C12H17N3O2/c1-12(2,3)14-11(16)9-15-6-4-5-10(8-15)7-13-17/h4-8H,9H2,1-3H3,(H-,14,16,17)/p+1/b13-7+. The van der Waals surface area contributed by atoms with Gasteiger partial charge in [-0.15, -0.1) is 0 Å². The van der Waals surface area contributed by atoms with Crippen LogP contribution in [0.25, 0.3) is 0 Å². The fraction of sp³-hybridized carbons (Fsp3) is 0.417. The minimum absolute atomic E-state index is 0.0550. The number of hydrogen-bond donors (Lipinski definition) is 2. The molecular formula is C12H18N3O2+. The summed E-state index contributed by atoms with van der Waals surface area (Å²) in [6.45, 7) is 6.05. The van der Waals surface area contributed by atoms with Crippen LogP contribution >= 0.6 is 0 Å². The number of amides is 1. The van der Waals surface area contributed by atoms with Crippen molar-refractivity contribution in [3.8, 4) is 0 Å². The molecule has 0 aliphatic carbocycles. The molecule has 1 aromatic rings. The Balaban J connectivity index is 2.68. The molecule has 17 heavy (non-hydrogen) atoms. The lowest BCUT2D eigenvalue weighted by Gasteiger charge is -2.19. The summed E-state index contributed by atoms with van der Waals surface area (Å²) in [5, 5.41) is 14.2. The van der Waals surface area contributed by atoms with Gasteiger partial charge in [0, 0.05) is 11.6 Å². The predicted molar refractivity (Wildman–Crippen MR) is 63.9 cm³/mol. The van der Waals surface area contributed by atoms with E-state index in [2.05, 4.69) is 10.5 Å². The zero-order chi connectivity index (χ0) is 12.9. The van der Waals surface area contributed by atoms with Crippen LogP contribution in [0, 0.1) is 0 Å². The van der Waals surface area contributed by atoms with Crippen molar-refractivity contribution in [2.45, 2.75) is 32.9 Å². The van der Waals surface area contributed by atoms with Crippen molar-refractivity contribution in [3.63, 3.8) is 0 Å². The number of oxime groups is 1. The van der Waals surface area contributed by atoms with Gasteiger partial charge in [0.15, 0.2) is 12.4 Å². The lowest BCUT2D eigenvalue weighted by molar-refractivity contribution is -0.684.